The van der Waals surface area contributed by atoms with Crippen LogP contribution in [0.2, 0.25) is 5.02 Å². The van der Waals surface area contributed by atoms with E-state index in [9.17, 15) is 0 Å². The topological polar surface area (TPSA) is 71.7 Å². The van der Waals surface area contributed by atoms with Crippen molar-refractivity contribution >= 4 is 63.5 Å². The molecule has 4 heterocycles. The Kier molecular flexibility index (Phi) is 13.8. The van der Waals surface area contributed by atoms with E-state index in [0.29, 0.717) is 17.8 Å². The van der Waals surface area contributed by atoms with Crippen molar-refractivity contribution in [1.29, 1.82) is 0 Å². The Hall–Kier alpha value is -2.08. The first-order chi connectivity index (χ1) is 25.4. The molecule has 2 aliphatic heterocycles. The number of aryl methyl sites for hydroxylation is 1. The molecule has 4 fully saturated rings. The van der Waals surface area contributed by atoms with Gasteiger partial charge in [-0.2, -0.15) is 10.2 Å². The molecule has 2 spiro atoms. The van der Waals surface area contributed by atoms with Gasteiger partial charge in [0.05, 0.1) is 40.3 Å². The Morgan fingerprint density at radius 3 is 2.23 bits per heavy atom. The highest BCUT2D eigenvalue weighted by Gasteiger charge is 2.53. The van der Waals surface area contributed by atoms with Crippen LogP contribution in [0.25, 0.3) is 22.0 Å². The van der Waals surface area contributed by atoms with Crippen LogP contribution in [0.3, 0.4) is 0 Å². The maximum Gasteiger partial charge on any atom is 0.159 e. The van der Waals surface area contributed by atoms with E-state index in [1.165, 1.54) is 62.0 Å². The third kappa shape index (κ3) is 8.53. The van der Waals surface area contributed by atoms with Gasteiger partial charge in [0.15, 0.2) is 5.82 Å². The molecule has 0 bridgehead atoms. The predicted molar refractivity (Wildman–Crippen MR) is 232 cm³/mol. The summed E-state index contributed by atoms with van der Waals surface area (Å²) in [6, 6.07) is 13.6. The Morgan fingerprint density at radius 2 is 1.68 bits per heavy atom. The second-order valence-electron chi connectivity index (χ2n) is 16.2. The summed E-state index contributed by atoms with van der Waals surface area (Å²) in [6.07, 6.45) is 8.72. The summed E-state index contributed by atoms with van der Waals surface area (Å²) in [7, 11) is 3.95. The molecule has 0 radical (unpaired) electrons. The maximum absolute atomic E-state index is 8.00. The van der Waals surface area contributed by atoms with Gasteiger partial charge in [0, 0.05) is 68.6 Å². The summed E-state index contributed by atoms with van der Waals surface area (Å²) in [6.45, 7) is 23.0. The second kappa shape index (κ2) is 17.4. The quantitative estimate of drug-likeness (QED) is 0.141. The average molecular weight is 876 g/mol. The molecule has 4 aliphatic rings. The maximum atomic E-state index is 8.00. The molecule has 0 amide bonds. The summed E-state index contributed by atoms with van der Waals surface area (Å²) in [5.74, 6) is 1.14. The number of rotatable bonds is 6. The Bertz CT molecular complexity index is 1820. The molecule has 2 aromatic heterocycles. The minimum Gasteiger partial charge on any atom is -0.379 e. The SMILES string of the molecule is C=O.CC.COC(C)(C)C.Cc1cc2c(cnn2PI)c(-c2c(N3CCN(Cc4ccccc4)CC34CCC4)nn(C3CC4(C3)CN(C)C4)c2C)c1Cl. The molecule has 8 rings (SSSR count). The van der Waals surface area contributed by atoms with Crippen LogP contribution in [0.4, 0.5) is 5.82 Å². The molecule has 2 aliphatic carbocycles. The van der Waals surface area contributed by atoms with Crippen LogP contribution in [0.5, 0.6) is 0 Å². The molecule has 0 N–H and O–H groups in total. The number of piperazine rings is 1. The Morgan fingerprint density at radius 1 is 1.04 bits per heavy atom. The fourth-order valence-corrected chi connectivity index (χ4v) is 10.6. The number of aromatic nitrogens is 4. The van der Waals surface area contributed by atoms with Crippen molar-refractivity contribution < 1.29 is 9.53 Å². The molecule has 2 saturated carbocycles. The first-order valence-electron chi connectivity index (χ1n) is 19.1. The van der Waals surface area contributed by atoms with E-state index < -0.39 is 0 Å². The minimum atomic E-state index is 0.0417. The smallest absolute Gasteiger partial charge is 0.159 e. The molecule has 9 nitrogen and oxygen atoms in total. The fourth-order valence-electron chi connectivity index (χ4n) is 8.77. The van der Waals surface area contributed by atoms with Crippen LogP contribution in [0, 0.1) is 19.3 Å². The zero-order chi connectivity index (χ0) is 38.7. The highest BCUT2D eigenvalue weighted by Crippen LogP contribution is 2.56. The molecule has 2 aromatic carbocycles. The normalized spacial score (nSPS) is 19.5. The van der Waals surface area contributed by atoms with Gasteiger partial charge in [0.25, 0.3) is 0 Å². The fraction of sp³-hybridized carbons (Fsp3) is 0.585. The van der Waals surface area contributed by atoms with E-state index >= 15 is 0 Å². The molecule has 2 saturated heterocycles. The van der Waals surface area contributed by atoms with Gasteiger partial charge in [0.1, 0.15) is 6.79 Å². The largest absolute Gasteiger partial charge is 0.379 e. The standard InChI is InChI=1S/C33H40ClIN7P.C5H12O.C2H6.CH2O/c1-22-14-27-26(17-36-42(27)43-35)29(30(22)34)28-23(2)41(25-15-32(16-25)19-38(3)20-32)37-31(28)40-13-12-39(21-33(40)10-7-11-33)18-24-8-5-4-6-9-24;1-5(2,3)6-4;2*1-2/h4-6,8-9,14,17,25,43H,7,10-13,15-16,18-21H2,1-3H3;1-4H3;1-2H3;1H2. The third-order valence-electron chi connectivity index (χ3n) is 11.5. The number of carbonyl (C=O) groups excluding carboxylic acids is 1. The van der Waals surface area contributed by atoms with Gasteiger partial charge in [-0.05, 0) is 118 Å². The van der Waals surface area contributed by atoms with Crippen molar-refractivity contribution in [2.75, 3.05) is 51.8 Å². The predicted octanol–water partition coefficient (Wildman–Crippen LogP) is 9.75. The number of nitrogens with zero attached hydrogens (tertiary/aromatic N) is 7. The van der Waals surface area contributed by atoms with E-state index in [4.69, 9.17) is 31.3 Å². The summed E-state index contributed by atoms with van der Waals surface area (Å²) in [5.41, 5.74) is 7.91. The van der Waals surface area contributed by atoms with E-state index in [2.05, 4.69) is 103 Å². The Labute approximate surface area is 337 Å². The molecular formula is C41H60ClIN7O2P. The monoisotopic (exact) mass is 875 g/mol. The lowest BCUT2D eigenvalue weighted by atomic mass is 9.61. The van der Waals surface area contributed by atoms with E-state index in [1.807, 2.05) is 47.6 Å². The van der Waals surface area contributed by atoms with Crippen LogP contribution in [0.15, 0.2) is 42.6 Å². The number of likely N-dealkylation sites (tertiary alicyclic amines) is 1. The van der Waals surface area contributed by atoms with Crippen molar-refractivity contribution in [3.05, 3.63) is 64.4 Å². The lowest BCUT2D eigenvalue weighted by molar-refractivity contribution is -0.0980. The number of benzene rings is 2. The first-order valence-corrected chi connectivity index (χ1v) is 23.5. The van der Waals surface area contributed by atoms with Crippen molar-refractivity contribution in [3.8, 4) is 11.1 Å². The van der Waals surface area contributed by atoms with Crippen molar-refractivity contribution in [2.24, 2.45) is 5.41 Å². The highest BCUT2D eigenvalue weighted by molar-refractivity contribution is 14.2. The first kappa shape index (κ1) is 42.1. The van der Waals surface area contributed by atoms with Crippen LogP contribution in [-0.4, -0.2) is 93.9 Å². The molecule has 12 heteroatoms. The lowest BCUT2D eigenvalue weighted by Gasteiger charge is -2.58. The Balaban J connectivity index is 0.000000489. The minimum absolute atomic E-state index is 0.0417. The van der Waals surface area contributed by atoms with E-state index in [0.717, 1.165) is 59.0 Å². The number of halogens is 2. The summed E-state index contributed by atoms with van der Waals surface area (Å²) in [5, 5.41) is 12.4. The second-order valence-corrected chi connectivity index (χ2v) is 18.6. The zero-order valence-corrected chi connectivity index (χ0v) is 37.2. The van der Waals surface area contributed by atoms with Gasteiger partial charge in [0.2, 0.25) is 0 Å². The van der Waals surface area contributed by atoms with Crippen LogP contribution in [-0.2, 0) is 16.1 Å². The van der Waals surface area contributed by atoms with Crippen LogP contribution >= 0.6 is 40.0 Å². The molecule has 1 atom stereocenters. The highest BCUT2D eigenvalue weighted by atomic mass is 127. The molecule has 290 valence electrons. The number of anilines is 1. The van der Waals surface area contributed by atoms with E-state index in [1.54, 1.807) is 7.11 Å². The van der Waals surface area contributed by atoms with Gasteiger partial charge < -0.3 is 19.3 Å². The van der Waals surface area contributed by atoms with Gasteiger partial charge in [-0.25, -0.2) is 4.45 Å². The summed E-state index contributed by atoms with van der Waals surface area (Å²) in [4.78, 5) is 15.8. The molecular weight excluding hydrogens is 816 g/mol. The van der Waals surface area contributed by atoms with E-state index in [-0.39, 0.29) is 11.1 Å². The average Bonchev–Trinajstić information content (AvgIpc) is 3.67. The van der Waals surface area contributed by atoms with Crippen LogP contribution in [0.1, 0.15) is 89.6 Å². The number of ether oxygens (including phenoxy) is 1. The number of fused-ring (bicyclic) bond motifs is 1. The van der Waals surface area contributed by atoms with Gasteiger partial charge in [-0.15, -0.1) is 0 Å². The number of hydrogen-bond acceptors (Lipinski definition) is 7. The molecule has 53 heavy (non-hydrogen) atoms. The number of hydrogen-bond donors (Lipinski definition) is 0. The lowest BCUT2D eigenvalue weighted by Crippen LogP contribution is -2.66. The third-order valence-corrected chi connectivity index (χ3v) is 13.9. The molecule has 1 unspecified atom stereocenters. The van der Waals surface area contributed by atoms with Crippen molar-refractivity contribution in [2.45, 2.75) is 104 Å². The van der Waals surface area contributed by atoms with Crippen molar-refractivity contribution in [3.63, 3.8) is 0 Å². The van der Waals surface area contributed by atoms with Gasteiger partial charge >= 0.3 is 0 Å². The van der Waals surface area contributed by atoms with Gasteiger partial charge in [-0.1, -0.05) is 55.8 Å². The van der Waals surface area contributed by atoms with Crippen molar-refractivity contribution in [1.82, 2.24) is 29.1 Å². The summed E-state index contributed by atoms with van der Waals surface area (Å²) >= 11 is 9.72. The van der Waals surface area contributed by atoms with Crippen LogP contribution < -0.4 is 4.90 Å². The number of carbonyl (C=O) groups is 1. The zero-order valence-electron chi connectivity index (χ0n) is 33.3. The summed E-state index contributed by atoms with van der Waals surface area (Å²) < 4.78 is 9.44. The van der Waals surface area contributed by atoms with Gasteiger partial charge in [-0.3, -0.25) is 9.58 Å². The number of methoxy groups -OCH3 is 1. The molecule has 4 aromatic rings.